The molecule has 0 spiro atoms. The van der Waals surface area contributed by atoms with E-state index in [1.54, 1.807) is 6.20 Å². The Hall–Kier alpha value is -2.15. The van der Waals surface area contributed by atoms with Crippen molar-refractivity contribution in [3.8, 4) is 11.6 Å². The molecule has 1 amide bonds. The molecule has 0 saturated carbocycles. The van der Waals surface area contributed by atoms with Gasteiger partial charge in [0.25, 0.3) is 0 Å². The molecule has 0 radical (unpaired) electrons. The minimum absolute atomic E-state index is 0.231. The van der Waals surface area contributed by atoms with E-state index in [4.69, 9.17) is 4.74 Å². The van der Waals surface area contributed by atoms with Gasteiger partial charge >= 0.3 is 5.66 Å². The highest BCUT2D eigenvalue weighted by Gasteiger charge is 2.28. The van der Waals surface area contributed by atoms with Crippen molar-refractivity contribution in [1.29, 1.82) is 0 Å². The molecular formula is C11H12F2N5O2P. The molecule has 2 aromatic heterocycles. The number of carbonyl (C=O) groups is 1. The number of methoxy groups -OCH3 is 1. The molecule has 0 saturated heterocycles. The fourth-order valence-corrected chi connectivity index (χ4v) is 1.73. The van der Waals surface area contributed by atoms with Gasteiger partial charge in [0.1, 0.15) is 5.69 Å². The van der Waals surface area contributed by atoms with Gasteiger partial charge in [-0.1, -0.05) is 9.24 Å². The first-order valence-electron chi connectivity index (χ1n) is 5.75. The van der Waals surface area contributed by atoms with Gasteiger partial charge < -0.3 is 10.1 Å². The van der Waals surface area contributed by atoms with E-state index in [2.05, 4.69) is 20.4 Å². The lowest BCUT2D eigenvalue weighted by Crippen LogP contribution is -2.10. The highest BCUT2D eigenvalue weighted by Crippen LogP contribution is 2.31. The van der Waals surface area contributed by atoms with Crippen LogP contribution in [0.25, 0.3) is 5.69 Å². The first kappa shape index (κ1) is 15.2. The zero-order valence-electron chi connectivity index (χ0n) is 11.0. The molecule has 2 heterocycles. The number of ether oxygens (including phenoxy) is 1. The number of aromatic nitrogens is 4. The number of halogens is 2. The van der Waals surface area contributed by atoms with Crippen LogP contribution in [0.2, 0.25) is 0 Å². The first-order valence-corrected chi connectivity index (χ1v) is 6.32. The average molecular weight is 315 g/mol. The summed E-state index contributed by atoms with van der Waals surface area (Å²) in [7, 11) is 2.81. The second-order valence-corrected chi connectivity index (χ2v) is 4.72. The van der Waals surface area contributed by atoms with E-state index in [1.165, 1.54) is 33.4 Å². The van der Waals surface area contributed by atoms with E-state index in [0.29, 0.717) is 23.5 Å². The number of nitrogens with one attached hydrogen (secondary N) is 1. The van der Waals surface area contributed by atoms with Crippen molar-refractivity contribution >= 4 is 15.6 Å². The van der Waals surface area contributed by atoms with E-state index in [0.717, 1.165) is 0 Å². The summed E-state index contributed by atoms with van der Waals surface area (Å²) in [6, 6.07) is 0. The van der Waals surface area contributed by atoms with Crippen molar-refractivity contribution in [2.75, 3.05) is 7.11 Å². The molecule has 7 nitrogen and oxygen atoms in total. The number of hydrogen-bond donors (Lipinski definition) is 1. The van der Waals surface area contributed by atoms with Crippen molar-refractivity contribution in [2.45, 2.75) is 12.2 Å². The standard InChI is InChI=1S/C11H12F2N5O2P/c1-20-9-7(2-14-6-19)5-18(17-9)8-3-15-10(16-4-8)11(12,13)21/h3-6H,2,21H2,1H3,(H,14,19). The van der Waals surface area contributed by atoms with Crippen LogP contribution in [-0.4, -0.2) is 33.3 Å². The Morgan fingerprint density at radius 2 is 2.14 bits per heavy atom. The van der Waals surface area contributed by atoms with Crippen molar-refractivity contribution in [3.63, 3.8) is 0 Å². The fourth-order valence-electron chi connectivity index (χ4n) is 1.58. The normalized spacial score (nSPS) is 11.2. The van der Waals surface area contributed by atoms with Crippen LogP contribution in [0.3, 0.4) is 0 Å². The molecule has 2 rings (SSSR count). The second kappa shape index (κ2) is 6.09. The third-order valence-electron chi connectivity index (χ3n) is 2.52. The van der Waals surface area contributed by atoms with Crippen LogP contribution in [-0.2, 0) is 17.0 Å². The van der Waals surface area contributed by atoms with Gasteiger partial charge in [0.05, 0.1) is 25.1 Å². The van der Waals surface area contributed by atoms with Crippen LogP contribution in [0.4, 0.5) is 8.78 Å². The summed E-state index contributed by atoms with van der Waals surface area (Å²) in [4.78, 5) is 17.5. The Morgan fingerprint density at radius 1 is 1.48 bits per heavy atom. The van der Waals surface area contributed by atoms with Gasteiger partial charge in [-0.3, -0.25) is 4.79 Å². The largest absolute Gasteiger partial charge is 0.480 e. The van der Waals surface area contributed by atoms with E-state index in [1.807, 2.05) is 0 Å². The van der Waals surface area contributed by atoms with Gasteiger partial charge in [0, 0.05) is 12.7 Å². The Bertz CT molecular complexity index is 627. The Balaban J connectivity index is 2.29. The molecule has 10 heteroatoms. The highest BCUT2D eigenvalue weighted by atomic mass is 31.0. The summed E-state index contributed by atoms with van der Waals surface area (Å²) in [6.45, 7) is 0.231. The third-order valence-corrected chi connectivity index (χ3v) is 2.78. The summed E-state index contributed by atoms with van der Waals surface area (Å²) in [5.41, 5.74) is -2.16. The number of nitrogens with zero attached hydrogens (tertiary/aromatic N) is 4. The predicted molar refractivity (Wildman–Crippen MR) is 72.2 cm³/mol. The van der Waals surface area contributed by atoms with Gasteiger partial charge in [0.2, 0.25) is 18.1 Å². The average Bonchev–Trinajstić information content (AvgIpc) is 2.87. The van der Waals surface area contributed by atoms with E-state index >= 15 is 0 Å². The number of alkyl halides is 2. The van der Waals surface area contributed by atoms with Gasteiger partial charge in [-0.2, -0.15) is 8.78 Å². The summed E-state index contributed by atoms with van der Waals surface area (Å²) in [5.74, 6) is -0.289. The first-order chi connectivity index (χ1) is 9.95. The smallest absolute Gasteiger partial charge is 0.316 e. The van der Waals surface area contributed by atoms with E-state index in [-0.39, 0.29) is 6.54 Å². The summed E-state index contributed by atoms with van der Waals surface area (Å²) in [5, 5.41) is 6.60. The molecule has 2 aromatic rings. The minimum Gasteiger partial charge on any atom is -0.480 e. The molecule has 1 unspecified atom stereocenters. The van der Waals surface area contributed by atoms with Crippen molar-refractivity contribution < 1.29 is 18.3 Å². The fraction of sp³-hybridized carbons (Fsp3) is 0.273. The van der Waals surface area contributed by atoms with Crippen molar-refractivity contribution in [3.05, 3.63) is 30.0 Å². The van der Waals surface area contributed by atoms with Gasteiger partial charge in [0.15, 0.2) is 0 Å². The maximum absolute atomic E-state index is 13.0. The lowest BCUT2D eigenvalue weighted by Gasteiger charge is -2.08. The highest BCUT2D eigenvalue weighted by molar-refractivity contribution is 7.17. The van der Waals surface area contributed by atoms with Crippen molar-refractivity contribution in [2.24, 2.45) is 0 Å². The molecule has 0 aliphatic carbocycles. The lowest BCUT2D eigenvalue weighted by atomic mass is 10.3. The third kappa shape index (κ3) is 3.49. The Labute approximate surface area is 120 Å². The predicted octanol–water partition coefficient (Wildman–Crippen LogP) is 0.841. The summed E-state index contributed by atoms with van der Waals surface area (Å²) >= 11 is 0. The van der Waals surface area contributed by atoms with Crippen LogP contribution < -0.4 is 10.1 Å². The Kier molecular flexibility index (Phi) is 4.42. The number of rotatable bonds is 6. The topological polar surface area (TPSA) is 81.9 Å². The lowest BCUT2D eigenvalue weighted by molar-refractivity contribution is -0.109. The zero-order valence-corrected chi connectivity index (χ0v) is 12.1. The molecule has 0 fully saturated rings. The van der Waals surface area contributed by atoms with Crippen LogP contribution in [0.1, 0.15) is 11.4 Å². The number of amides is 1. The van der Waals surface area contributed by atoms with E-state index in [9.17, 15) is 13.6 Å². The van der Waals surface area contributed by atoms with Gasteiger partial charge in [-0.15, -0.1) is 5.10 Å². The maximum atomic E-state index is 13.0. The van der Waals surface area contributed by atoms with Crippen LogP contribution in [0.15, 0.2) is 18.6 Å². The molecule has 0 bridgehead atoms. The molecule has 1 N–H and O–H groups in total. The SMILES string of the molecule is COc1nn(-c2cnc(C(F)(F)P)nc2)cc1CNC=O. The number of carbonyl (C=O) groups excluding carboxylic acids is 1. The van der Waals surface area contributed by atoms with Gasteiger partial charge in [-0.05, 0) is 0 Å². The summed E-state index contributed by atoms with van der Waals surface area (Å²) in [6.07, 6.45) is 4.59. The van der Waals surface area contributed by atoms with Crippen LogP contribution in [0, 0.1) is 0 Å². The van der Waals surface area contributed by atoms with Crippen LogP contribution >= 0.6 is 9.24 Å². The quantitative estimate of drug-likeness (QED) is 0.631. The van der Waals surface area contributed by atoms with Crippen LogP contribution in [0.5, 0.6) is 5.88 Å². The van der Waals surface area contributed by atoms with E-state index < -0.39 is 11.5 Å². The number of hydrogen-bond acceptors (Lipinski definition) is 5. The second-order valence-electron chi connectivity index (χ2n) is 3.99. The molecule has 112 valence electrons. The summed E-state index contributed by atoms with van der Waals surface area (Å²) < 4.78 is 32.5. The van der Waals surface area contributed by atoms with Gasteiger partial charge in [-0.25, -0.2) is 14.6 Å². The molecule has 1 atom stereocenters. The van der Waals surface area contributed by atoms with Crippen molar-refractivity contribution in [1.82, 2.24) is 25.1 Å². The maximum Gasteiger partial charge on any atom is 0.316 e. The minimum atomic E-state index is -3.18. The Morgan fingerprint density at radius 3 is 2.67 bits per heavy atom. The zero-order chi connectivity index (χ0) is 15.5. The monoisotopic (exact) mass is 315 g/mol. The molecular weight excluding hydrogens is 303 g/mol. The molecule has 0 aliphatic heterocycles. The molecule has 0 aromatic carbocycles. The molecule has 0 aliphatic rings. The molecule has 21 heavy (non-hydrogen) atoms.